The quantitative estimate of drug-likeness (QED) is 0.572. The topological polar surface area (TPSA) is 0 Å². The van der Waals surface area contributed by atoms with Gasteiger partial charge in [-0.1, -0.05) is 0 Å². The van der Waals surface area contributed by atoms with E-state index in [1.807, 2.05) is 3.28 Å². The fourth-order valence-electron chi connectivity index (χ4n) is 4.44. The minimum absolute atomic E-state index is 0. The van der Waals surface area contributed by atoms with Crippen molar-refractivity contribution >= 4 is 13.3 Å². The number of hydrogen-bond donors (Lipinski definition) is 0. The summed E-state index contributed by atoms with van der Waals surface area (Å²) < 4.78 is 5.89. The summed E-state index contributed by atoms with van der Waals surface area (Å²) in [5.41, 5.74) is 4.88. The van der Waals surface area contributed by atoms with E-state index >= 15 is 0 Å². The first-order valence-corrected chi connectivity index (χ1v) is 18.2. The van der Waals surface area contributed by atoms with Crippen LogP contribution < -0.4 is 24.8 Å². The predicted octanol–water partition coefficient (Wildman–Crippen LogP) is 0.248. The molecule has 1 unspecified atom stereocenters. The van der Waals surface area contributed by atoms with E-state index in [-0.39, 0.29) is 24.8 Å². The summed E-state index contributed by atoms with van der Waals surface area (Å²) in [5.74, 6) is 0. The Balaban J connectivity index is 0.00000104. The second kappa shape index (κ2) is 7.03. The molecule has 0 aromatic heterocycles. The summed E-state index contributed by atoms with van der Waals surface area (Å²) in [6, 6.07) is 9.34. The van der Waals surface area contributed by atoms with Gasteiger partial charge in [0, 0.05) is 0 Å². The maximum Gasteiger partial charge on any atom is -1.00 e. The molecule has 4 heteroatoms. The molecule has 2 aliphatic carbocycles. The van der Waals surface area contributed by atoms with Gasteiger partial charge in [-0.3, -0.25) is 0 Å². The molecule has 1 aliphatic heterocycles. The molecule has 1 heterocycles. The van der Waals surface area contributed by atoms with Crippen LogP contribution in [0.5, 0.6) is 0 Å². The molecule has 0 radical (unpaired) electrons. The van der Waals surface area contributed by atoms with Crippen LogP contribution in [0.2, 0.25) is 27.9 Å². The van der Waals surface area contributed by atoms with Crippen molar-refractivity contribution in [2.75, 3.05) is 0 Å². The predicted molar refractivity (Wildman–Crippen MR) is 96.6 cm³/mol. The smallest absolute Gasteiger partial charge is 1.00 e. The summed E-state index contributed by atoms with van der Waals surface area (Å²) in [5, 5.41) is 1.74. The Labute approximate surface area is 164 Å². The van der Waals surface area contributed by atoms with Crippen LogP contribution in [0.1, 0.15) is 28.1 Å². The number of allylic oxidation sites excluding steroid dienone is 5. The molecular formula is C20H26Cl2SiZr. The van der Waals surface area contributed by atoms with E-state index in [0.717, 1.165) is 3.63 Å². The summed E-state index contributed by atoms with van der Waals surface area (Å²) in [4.78, 5) is 0. The first-order chi connectivity index (χ1) is 10.4. The molecule has 1 atom stereocenters. The van der Waals surface area contributed by atoms with E-state index in [4.69, 9.17) is 0 Å². The van der Waals surface area contributed by atoms with Gasteiger partial charge in [0.15, 0.2) is 0 Å². The third-order valence-electron chi connectivity index (χ3n) is 5.79. The number of halogens is 2. The normalized spacial score (nSPS) is 22.0. The SMILES string of the molecule is CC1=CC=[C]([Zr+2]2([CH]3C=C([Si](C)(C)C)c4ccccc43)[CH2][CH2]2)C1.[Cl-].[Cl-]. The average molecular weight is 457 g/mol. The van der Waals surface area contributed by atoms with Crippen LogP contribution in [-0.4, -0.2) is 8.07 Å². The molecule has 0 amide bonds. The molecule has 0 N–H and O–H groups in total. The van der Waals surface area contributed by atoms with Crippen LogP contribution in [0.3, 0.4) is 0 Å². The van der Waals surface area contributed by atoms with Crippen molar-refractivity contribution in [1.29, 1.82) is 0 Å². The van der Waals surface area contributed by atoms with Gasteiger partial charge in [0.1, 0.15) is 0 Å². The van der Waals surface area contributed by atoms with Crippen molar-refractivity contribution in [2.24, 2.45) is 0 Å². The zero-order valence-electron chi connectivity index (χ0n) is 15.0. The largest absolute Gasteiger partial charge is 1.00 e. The number of rotatable bonds is 3. The van der Waals surface area contributed by atoms with Crippen LogP contribution >= 0.6 is 0 Å². The molecule has 0 bridgehead atoms. The Bertz CT molecular complexity index is 736. The minimum atomic E-state index is -2.11. The van der Waals surface area contributed by atoms with E-state index < -0.39 is 28.3 Å². The summed E-state index contributed by atoms with van der Waals surface area (Å²) in [6.45, 7) is 9.83. The Morgan fingerprint density at radius 1 is 1.00 bits per heavy atom. The van der Waals surface area contributed by atoms with Crippen molar-refractivity contribution in [1.82, 2.24) is 0 Å². The summed E-state index contributed by atoms with van der Waals surface area (Å²) in [7, 11) is -1.26. The van der Waals surface area contributed by atoms with Crippen LogP contribution in [-0.2, 0) is 20.3 Å². The number of fused-ring (bicyclic) bond motifs is 1. The maximum atomic E-state index is 2.76. The van der Waals surface area contributed by atoms with E-state index in [0.29, 0.717) is 0 Å². The van der Waals surface area contributed by atoms with Crippen molar-refractivity contribution in [3.63, 3.8) is 0 Å². The van der Waals surface area contributed by atoms with Gasteiger partial charge >= 0.3 is 141 Å². The number of benzene rings is 1. The van der Waals surface area contributed by atoms with Crippen molar-refractivity contribution in [3.05, 3.63) is 62.5 Å². The molecule has 1 fully saturated rings. The Kier molecular flexibility index (Phi) is 5.98. The molecule has 4 rings (SSSR count). The fourth-order valence-corrected chi connectivity index (χ4v) is 21.1. The van der Waals surface area contributed by atoms with Gasteiger partial charge in [-0.05, 0) is 0 Å². The van der Waals surface area contributed by atoms with Gasteiger partial charge in [-0.2, -0.15) is 0 Å². The number of hydrogen-bond acceptors (Lipinski definition) is 0. The fraction of sp³-hybridized carbons (Fsp3) is 0.400. The van der Waals surface area contributed by atoms with E-state index in [2.05, 4.69) is 69.1 Å². The monoisotopic (exact) mass is 454 g/mol. The second-order valence-corrected chi connectivity index (χ2v) is 24.7. The first kappa shape index (κ1) is 20.4. The van der Waals surface area contributed by atoms with Crippen molar-refractivity contribution in [3.8, 4) is 0 Å². The molecule has 1 saturated heterocycles. The standard InChI is InChI=1S/C12H15Si.C6H7.C2H4.2ClH.Zr/c1-13(2,3)12-9-8-10-6-4-5-7-11(10)12;1-6-4-2-3-5-6;1-2;;;/h4-9H,1-3H3;2,4H,5H2,1H3;1-2H2;2*1H;/q;;;;;+2/p-2. The summed E-state index contributed by atoms with van der Waals surface area (Å²) in [6.07, 6.45) is 8.96. The molecule has 1 aromatic rings. The molecule has 0 saturated carbocycles. The van der Waals surface area contributed by atoms with Gasteiger partial charge in [-0.15, -0.1) is 0 Å². The molecule has 3 aliphatic rings. The third kappa shape index (κ3) is 3.25. The maximum absolute atomic E-state index is 2.76. The molecule has 0 spiro atoms. The Morgan fingerprint density at radius 3 is 2.21 bits per heavy atom. The Hall–Kier alpha value is 0.120. The zero-order chi connectivity index (χ0) is 15.5. The summed E-state index contributed by atoms with van der Waals surface area (Å²) >= 11 is -2.11. The second-order valence-electron chi connectivity index (χ2n) is 8.43. The molecular weight excluding hydrogens is 430 g/mol. The van der Waals surface area contributed by atoms with Gasteiger partial charge in [0.25, 0.3) is 0 Å². The van der Waals surface area contributed by atoms with Crippen LogP contribution in [0.25, 0.3) is 5.20 Å². The molecule has 1 aromatic carbocycles. The Morgan fingerprint density at radius 2 is 1.67 bits per heavy atom. The van der Waals surface area contributed by atoms with Crippen LogP contribution in [0.15, 0.2) is 51.3 Å². The van der Waals surface area contributed by atoms with Gasteiger partial charge < -0.3 is 24.8 Å². The van der Waals surface area contributed by atoms with Gasteiger partial charge in [0.05, 0.1) is 0 Å². The zero-order valence-corrected chi connectivity index (χ0v) is 20.0. The van der Waals surface area contributed by atoms with E-state index in [1.165, 1.54) is 6.42 Å². The molecule has 128 valence electrons. The van der Waals surface area contributed by atoms with E-state index in [1.54, 1.807) is 30.2 Å². The van der Waals surface area contributed by atoms with Crippen molar-refractivity contribution in [2.45, 2.75) is 44.9 Å². The average Bonchev–Trinajstić information content (AvgIpc) is 2.97. The molecule has 24 heavy (non-hydrogen) atoms. The van der Waals surface area contributed by atoms with Crippen LogP contribution in [0, 0.1) is 0 Å². The van der Waals surface area contributed by atoms with Crippen LogP contribution in [0.4, 0.5) is 0 Å². The van der Waals surface area contributed by atoms with Gasteiger partial charge in [0.2, 0.25) is 0 Å². The van der Waals surface area contributed by atoms with Gasteiger partial charge in [-0.25, -0.2) is 0 Å². The van der Waals surface area contributed by atoms with E-state index in [9.17, 15) is 0 Å². The first-order valence-electron chi connectivity index (χ1n) is 8.60. The molecule has 0 nitrogen and oxygen atoms in total. The minimum Gasteiger partial charge on any atom is -1.00 e. The van der Waals surface area contributed by atoms with Crippen molar-refractivity contribution < 1.29 is 45.1 Å². The third-order valence-corrected chi connectivity index (χ3v) is 19.8.